The highest BCUT2D eigenvalue weighted by atomic mass is 35.5. The van der Waals surface area contributed by atoms with Crippen molar-refractivity contribution in [3.05, 3.63) is 63.7 Å². The van der Waals surface area contributed by atoms with E-state index >= 15 is 0 Å². The van der Waals surface area contributed by atoms with Crippen molar-refractivity contribution in [1.29, 1.82) is 0 Å². The number of nitrogens with two attached hydrogens (primary N) is 1. The summed E-state index contributed by atoms with van der Waals surface area (Å²) < 4.78 is 56.9. The first-order valence-electron chi connectivity index (χ1n) is 13.7. The largest absolute Gasteiger partial charge is 0.494 e. The maximum absolute atomic E-state index is 14.7. The molecule has 0 saturated heterocycles. The Kier molecular flexibility index (Phi) is 8.84. The summed E-state index contributed by atoms with van der Waals surface area (Å²) in [5, 5.41) is 18.4. The molecule has 0 radical (unpaired) electrons. The summed E-state index contributed by atoms with van der Waals surface area (Å²) >= 11 is 12.0. The van der Waals surface area contributed by atoms with E-state index in [9.17, 15) is 27.9 Å². The number of ether oxygens (including phenoxy) is 2. The first-order chi connectivity index (χ1) is 21.2. The highest BCUT2D eigenvalue weighted by Crippen LogP contribution is 2.43. The van der Waals surface area contributed by atoms with Crippen LogP contribution in [0.4, 0.5) is 13.2 Å². The zero-order valence-corrected chi connectivity index (χ0v) is 25.4. The molecule has 4 N–H and O–H groups in total. The molecule has 45 heavy (non-hydrogen) atoms. The summed E-state index contributed by atoms with van der Waals surface area (Å²) in [6.45, 7) is 0.318. The van der Waals surface area contributed by atoms with E-state index in [0.29, 0.717) is 10.9 Å². The molecule has 1 aliphatic carbocycles. The average Bonchev–Trinajstić information content (AvgIpc) is 3.75. The molecule has 16 heteroatoms. The Hall–Kier alpha value is -4.14. The maximum Gasteiger partial charge on any atom is 0.424 e. The molecule has 3 aromatic heterocycles. The number of benzene rings is 1. The number of primary amides is 1. The van der Waals surface area contributed by atoms with Gasteiger partial charge in [0.1, 0.15) is 27.9 Å². The maximum atomic E-state index is 14.7. The quantitative estimate of drug-likeness (QED) is 0.194. The minimum Gasteiger partial charge on any atom is -0.494 e. The number of nitrogens with zero attached hydrogens (tertiary/aromatic N) is 4. The first-order valence-corrected chi connectivity index (χ1v) is 14.4. The van der Waals surface area contributed by atoms with Gasteiger partial charge < -0.3 is 25.6 Å². The third-order valence-electron chi connectivity index (χ3n) is 7.16. The lowest BCUT2D eigenvalue weighted by Crippen LogP contribution is -2.51. The van der Waals surface area contributed by atoms with Crippen LogP contribution in [0.5, 0.6) is 11.5 Å². The van der Waals surface area contributed by atoms with Gasteiger partial charge in [0.2, 0.25) is 11.5 Å². The van der Waals surface area contributed by atoms with Crippen molar-refractivity contribution in [2.24, 2.45) is 5.73 Å². The number of aromatic nitrogens is 4. The highest BCUT2D eigenvalue weighted by Gasteiger charge is 2.57. The zero-order chi connectivity index (χ0) is 32.7. The van der Waals surface area contributed by atoms with Crippen molar-refractivity contribution in [3.63, 3.8) is 0 Å². The van der Waals surface area contributed by atoms with Crippen LogP contribution in [0.3, 0.4) is 0 Å². The van der Waals surface area contributed by atoms with Crippen molar-refractivity contribution in [1.82, 2.24) is 25.1 Å². The molecule has 0 aliphatic heterocycles. The van der Waals surface area contributed by atoms with Gasteiger partial charge in [-0.05, 0) is 44.0 Å². The van der Waals surface area contributed by atoms with Crippen LogP contribution in [0.15, 0.2) is 36.7 Å². The van der Waals surface area contributed by atoms with Gasteiger partial charge >= 0.3 is 6.18 Å². The number of halogens is 5. The summed E-state index contributed by atoms with van der Waals surface area (Å²) in [7, 11) is 1.39. The van der Waals surface area contributed by atoms with Gasteiger partial charge in [0.15, 0.2) is 0 Å². The van der Waals surface area contributed by atoms with Gasteiger partial charge in [-0.3, -0.25) is 14.3 Å². The van der Waals surface area contributed by atoms with Crippen LogP contribution in [0, 0.1) is 0 Å². The predicted molar refractivity (Wildman–Crippen MR) is 158 cm³/mol. The van der Waals surface area contributed by atoms with Crippen LogP contribution in [0.1, 0.15) is 47.4 Å². The molecule has 3 heterocycles. The number of carbonyl (C=O) groups excluding carboxylic acids is 2. The van der Waals surface area contributed by atoms with Gasteiger partial charge in [0.05, 0.1) is 43.4 Å². The number of nitrogens with one attached hydrogen (secondary N) is 1. The molecule has 1 fully saturated rings. The lowest BCUT2D eigenvalue weighted by molar-refractivity contribution is -0.265. The van der Waals surface area contributed by atoms with E-state index in [2.05, 4.69) is 20.4 Å². The second kappa shape index (κ2) is 12.3. The van der Waals surface area contributed by atoms with Gasteiger partial charge in [0, 0.05) is 34.5 Å². The summed E-state index contributed by atoms with van der Waals surface area (Å²) in [4.78, 5) is 33.2. The van der Waals surface area contributed by atoms with E-state index in [1.807, 2.05) is 0 Å². The van der Waals surface area contributed by atoms with Crippen molar-refractivity contribution >= 4 is 45.9 Å². The molecule has 0 spiro atoms. The van der Waals surface area contributed by atoms with E-state index in [-0.39, 0.29) is 56.7 Å². The Morgan fingerprint density at radius 1 is 1.20 bits per heavy atom. The SMILES string of the molecule is CCOc1c(CC(N)=O)cc([C@@](O)(CNC(=O)c2cc(OC)c3nn(C4CC4)cc3c2)C(F)(F)F)nc1-c1cnc(Cl)c(Cl)c1. The summed E-state index contributed by atoms with van der Waals surface area (Å²) in [5.74, 6) is -1.62. The predicted octanol–water partition coefficient (Wildman–Crippen LogP) is 4.75. The van der Waals surface area contributed by atoms with Crippen LogP contribution in [-0.4, -0.2) is 63.1 Å². The smallest absolute Gasteiger partial charge is 0.424 e. The average molecular weight is 667 g/mol. The number of pyridine rings is 2. The number of hydrogen-bond donors (Lipinski definition) is 3. The fraction of sp³-hybridized carbons (Fsp3) is 0.345. The molecular formula is C29H27Cl2F3N6O5. The van der Waals surface area contributed by atoms with Crippen LogP contribution >= 0.6 is 23.2 Å². The topological polar surface area (TPSA) is 154 Å². The third-order valence-corrected chi connectivity index (χ3v) is 7.85. The number of amides is 2. The van der Waals surface area contributed by atoms with Crippen molar-refractivity contribution in [2.45, 2.75) is 44.0 Å². The van der Waals surface area contributed by atoms with Crippen LogP contribution in [-0.2, 0) is 16.8 Å². The number of rotatable bonds is 11. The van der Waals surface area contributed by atoms with Gasteiger partial charge in [-0.25, -0.2) is 9.97 Å². The Bertz CT molecular complexity index is 1800. The van der Waals surface area contributed by atoms with Gasteiger partial charge in [-0.15, -0.1) is 0 Å². The van der Waals surface area contributed by atoms with Crippen LogP contribution in [0.25, 0.3) is 22.2 Å². The molecule has 238 valence electrons. The molecule has 4 aromatic rings. The Morgan fingerprint density at radius 2 is 1.93 bits per heavy atom. The second-order valence-corrected chi connectivity index (χ2v) is 11.2. The summed E-state index contributed by atoms with van der Waals surface area (Å²) in [5.41, 5.74) is 0.982. The van der Waals surface area contributed by atoms with E-state index in [4.69, 9.17) is 38.4 Å². The first kappa shape index (κ1) is 32.3. The number of carbonyl (C=O) groups is 2. The standard InChI is InChI=1S/C29H27Cl2F3N6O5/c1-3-45-25-14(10-22(35)41)9-21(38-24(25)16-7-19(30)26(31)36-11-16)28(43,29(32,33)34)13-37-27(42)15-6-17-12-40(18-4-5-18)39-23(17)20(8-15)44-2/h6-9,11-12,18,43H,3-5,10,13H2,1-2H3,(H2,35,41)(H,37,42)/t28-/m0/s1. The second-order valence-electron chi connectivity index (χ2n) is 10.4. The zero-order valence-electron chi connectivity index (χ0n) is 23.9. The lowest BCUT2D eigenvalue weighted by atomic mass is 9.94. The fourth-order valence-corrected chi connectivity index (χ4v) is 5.02. The monoisotopic (exact) mass is 666 g/mol. The van der Waals surface area contributed by atoms with Gasteiger partial charge in [-0.2, -0.15) is 18.3 Å². The van der Waals surface area contributed by atoms with Crippen molar-refractivity contribution in [3.8, 4) is 22.8 Å². The van der Waals surface area contributed by atoms with E-state index in [0.717, 1.165) is 18.9 Å². The summed E-state index contributed by atoms with van der Waals surface area (Å²) in [6.07, 6.45) is -1.05. The molecule has 2 amide bonds. The fourth-order valence-electron chi connectivity index (χ4n) is 4.75. The van der Waals surface area contributed by atoms with E-state index in [1.54, 1.807) is 17.8 Å². The van der Waals surface area contributed by atoms with Gasteiger partial charge in [-0.1, -0.05) is 23.2 Å². The lowest BCUT2D eigenvalue weighted by Gasteiger charge is -2.31. The third kappa shape index (κ3) is 6.49. The molecule has 1 aliphatic rings. The minimum atomic E-state index is -5.36. The van der Waals surface area contributed by atoms with Crippen LogP contribution < -0.4 is 20.5 Å². The molecule has 1 saturated carbocycles. The molecule has 1 aromatic carbocycles. The van der Waals surface area contributed by atoms with E-state index in [1.165, 1.54) is 31.5 Å². The normalized spacial score (nSPS) is 14.7. The molecule has 5 rings (SSSR count). The molecule has 1 atom stereocenters. The Labute approximate surface area is 264 Å². The molecule has 11 nitrogen and oxygen atoms in total. The van der Waals surface area contributed by atoms with Crippen molar-refractivity contribution in [2.75, 3.05) is 20.3 Å². The molecule has 0 bridgehead atoms. The number of alkyl halides is 3. The Balaban J connectivity index is 1.56. The molecular weight excluding hydrogens is 640 g/mol. The number of hydrogen-bond acceptors (Lipinski definition) is 8. The number of aliphatic hydroxyl groups is 1. The number of methoxy groups -OCH3 is 1. The van der Waals surface area contributed by atoms with Crippen LogP contribution in [0.2, 0.25) is 10.2 Å². The minimum absolute atomic E-state index is 0.0177. The summed E-state index contributed by atoms with van der Waals surface area (Å²) in [6, 6.07) is 5.23. The Morgan fingerprint density at radius 3 is 2.53 bits per heavy atom. The highest BCUT2D eigenvalue weighted by molar-refractivity contribution is 6.41. The van der Waals surface area contributed by atoms with Crippen molar-refractivity contribution < 1.29 is 37.3 Å². The number of fused-ring (bicyclic) bond motifs is 1. The molecule has 0 unspecified atom stereocenters. The van der Waals surface area contributed by atoms with Gasteiger partial charge in [0.25, 0.3) is 5.91 Å². The van der Waals surface area contributed by atoms with E-state index < -0.39 is 42.3 Å².